The Morgan fingerprint density at radius 2 is 1.50 bits per heavy atom. The van der Waals surface area contributed by atoms with E-state index < -0.39 is 50.2 Å². The standard InChI is InChI=1S/C14H16B8O4/c1-5-26-10(25)6(2)8(9(23)24)12(18,7(3)15)14(21,22)13(19,20)11(4,16)17/h6,8H,3,5H2,1-2,4H3,(H,23,24)/t6-,8-,12?/m0/s1. The van der Waals surface area contributed by atoms with Crippen molar-refractivity contribution in [2.75, 3.05) is 6.61 Å². The van der Waals surface area contributed by atoms with Crippen molar-refractivity contribution < 1.29 is 19.4 Å². The van der Waals surface area contributed by atoms with Gasteiger partial charge in [0.15, 0.2) is 0 Å². The zero-order valence-corrected chi connectivity index (χ0v) is 15.4. The topological polar surface area (TPSA) is 63.6 Å². The van der Waals surface area contributed by atoms with E-state index in [1.165, 1.54) is 13.8 Å². The normalized spacial score (nSPS) is 17.5. The first-order valence-electron chi connectivity index (χ1n) is 7.77. The molecule has 0 aromatic rings. The van der Waals surface area contributed by atoms with Crippen molar-refractivity contribution in [3.8, 4) is 0 Å². The van der Waals surface area contributed by atoms with E-state index in [0.717, 1.165) is 0 Å². The second-order valence-corrected chi connectivity index (χ2v) is 6.77. The number of aliphatic carboxylic acids is 1. The van der Waals surface area contributed by atoms with Gasteiger partial charge in [-0.15, -0.1) is 27.7 Å². The molecule has 1 unspecified atom stereocenters. The van der Waals surface area contributed by atoms with Crippen LogP contribution in [0.1, 0.15) is 20.8 Å². The summed E-state index contributed by atoms with van der Waals surface area (Å²) >= 11 is 0. The van der Waals surface area contributed by atoms with Gasteiger partial charge < -0.3 is 9.84 Å². The van der Waals surface area contributed by atoms with E-state index in [2.05, 4.69) is 6.58 Å². The van der Waals surface area contributed by atoms with E-state index in [0.29, 0.717) is 0 Å². The number of carboxylic acid groups (broad SMARTS) is 1. The van der Waals surface area contributed by atoms with Crippen LogP contribution in [0.3, 0.4) is 0 Å². The zero-order chi connectivity index (χ0) is 21.3. The maximum Gasteiger partial charge on any atom is 0.309 e. The Bertz CT molecular complexity index is 572. The monoisotopic (exact) mass is 336 g/mol. The first-order valence-corrected chi connectivity index (χ1v) is 7.77. The average Bonchev–Trinajstić information content (AvgIpc) is 2.44. The molecular weight excluding hydrogens is 319 g/mol. The Kier molecular flexibility index (Phi) is 7.81. The highest BCUT2D eigenvalue weighted by Crippen LogP contribution is 2.70. The van der Waals surface area contributed by atoms with E-state index in [1.54, 1.807) is 6.92 Å². The highest BCUT2D eigenvalue weighted by Gasteiger charge is 2.58. The van der Waals surface area contributed by atoms with Gasteiger partial charge in [0.1, 0.15) is 7.85 Å². The van der Waals surface area contributed by atoms with Gasteiger partial charge >= 0.3 is 11.9 Å². The number of hydrogen-bond donors (Lipinski definition) is 1. The smallest absolute Gasteiger partial charge is 0.309 e. The summed E-state index contributed by atoms with van der Waals surface area (Å²) in [5.74, 6) is -5.55. The number of carboxylic acids is 1. The molecule has 0 fully saturated rings. The summed E-state index contributed by atoms with van der Waals surface area (Å²) in [6.07, 6.45) is 0. The van der Waals surface area contributed by atoms with Gasteiger partial charge in [-0.3, -0.25) is 9.59 Å². The van der Waals surface area contributed by atoms with Gasteiger partial charge in [0, 0.05) is 0 Å². The van der Waals surface area contributed by atoms with E-state index in [-0.39, 0.29) is 6.61 Å². The molecule has 3 atom stereocenters. The summed E-state index contributed by atoms with van der Waals surface area (Å²) in [5, 5.41) is 0.593. The van der Waals surface area contributed by atoms with E-state index in [4.69, 9.17) is 67.5 Å². The quantitative estimate of drug-likeness (QED) is 0.446. The second kappa shape index (κ2) is 8.06. The van der Waals surface area contributed by atoms with Crippen molar-refractivity contribution in [1.82, 2.24) is 0 Å². The first-order chi connectivity index (χ1) is 11.4. The molecule has 4 nitrogen and oxygen atoms in total. The molecule has 0 rings (SSSR count). The molecule has 0 spiro atoms. The average molecular weight is 335 g/mol. The van der Waals surface area contributed by atoms with Crippen molar-refractivity contribution in [3.63, 3.8) is 0 Å². The lowest BCUT2D eigenvalue weighted by molar-refractivity contribution is -0.158. The van der Waals surface area contributed by atoms with Gasteiger partial charge in [-0.1, -0.05) is 19.2 Å². The Morgan fingerprint density at radius 3 is 1.77 bits per heavy atom. The van der Waals surface area contributed by atoms with Crippen molar-refractivity contribution >= 4 is 74.7 Å². The SMILES string of the molecule is [B]C(=C)C([B])([C@H](C(=O)O)[C@H](C)C(=O)OCC)C([B])([B])C([B])([B])C([B])([B])C. The van der Waals surface area contributed by atoms with E-state index in [1.807, 2.05) is 0 Å². The van der Waals surface area contributed by atoms with Gasteiger partial charge in [0.25, 0.3) is 0 Å². The number of ether oxygens (including phenoxy) is 1. The van der Waals surface area contributed by atoms with Gasteiger partial charge in [0.2, 0.25) is 0 Å². The molecule has 0 aromatic carbocycles. The molecule has 120 valence electrons. The Labute approximate surface area is 166 Å². The van der Waals surface area contributed by atoms with Crippen LogP contribution in [0.2, 0.25) is 21.0 Å². The zero-order valence-electron chi connectivity index (χ0n) is 15.4. The third-order valence-electron chi connectivity index (χ3n) is 4.71. The minimum atomic E-state index is -2.51. The number of esters is 1. The lowest BCUT2D eigenvalue weighted by atomic mass is 9.11. The summed E-state index contributed by atoms with van der Waals surface area (Å²) in [4.78, 5) is 24.1. The highest BCUT2D eigenvalue weighted by molar-refractivity contribution is 6.63. The maximum absolute atomic E-state index is 12.1. The second-order valence-electron chi connectivity index (χ2n) is 6.77. The van der Waals surface area contributed by atoms with Crippen LogP contribution < -0.4 is 0 Å². The lowest BCUT2D eigenvalue weighted by Gasteiger charge is -2.65. The number of carbonyl (C=O) groups excluding carboxylic acids is 1. The molecule has 26 heavy (non-hydrogen) atoms. The molecule has 0 amide bonds. The number of carbonyl (C=O) groups is 2. The number of hydrogen-bond acceptors (Lipinski definition) is 3. The Hall–Kier alpha value is -0.801. The minimum absolute atomic E-state index is 0.00837. The molecule has 12 heteroatoms. The molecule has 0 bridgehead atoms. The summed E-state index contributed by atoms with van der Waals surface area (Å²) in [5.41, 5.74) is -0.476. The van der Waals surface area contributed by atoms with Crippen molar-refractivity contribution in [1.29, 1.82) is 0 Å². The summed E-state index contributed by atoms with van der Waals surface area (Å²) in [7, 11) is 47.6. The third kappa shape index (κ3) is 4.04. The molecule has 0 saturated heterocycles. The molecular formula is C14H16B8O4. The molecule has 0 aliphatic rings. The summed E-state index contributed by atoms with van der Waals surface area (Å²) in [6.45, 7) is 7.50. The summed E-state index contributed by atoms with van der Waals surface area (Å²) in [6, 6.07) is 0. The fourth-order valence-electron chi connectivity index (χ4n) is 2.72. The lowest BCUT2D eigenvalue weighted by Crippen LogP contribution is -2.54. The van der Waals surface area contributed by atoms with Crippen molar-refractivity contribution in [2.45, 2.75) is 41.7 Å². The fraction of sp³-hybridized carbons (Fsp3) is 0.714. The van der Waals surface area contributed by atoms with Crippen LogP contribution in [-0.4, -0.2) is 86.4 Å². The molecule has 0 saturated carbocycles. The van der Waals surface area contributed by atoms with Crippen LogP contribution in [0.4, 0.5) is 0 Å². The molecule has 0 aromatic heterocycles. The van der Waals surface area contributed by atoms with Crippen LogP contribution in [0.25, 0.3) is 0 Å². The summed E-state index contributed by atoms with van der Waals surface area (Å²) < 4.78 is 4.85. The van der Waals surface area contributed by atoms with Gasteiger partial charge in [-0.05, 0) is 6.92 Å². The van der Waals surface area contributed by atoms with Crippen LogP contribution in [-0.2, 0) is 14.3 Å². The molecule has 16 radical (unpaired) electrons. The Morgan fingerprint density at radius 1 is 1.08 bits per heavy atom. The van der Waals surface area contributed by atoms with Crippen LogP contribution >= 0.6 is 0 Å². The minimum Gasteiger partial charge on any atom is -0.481 e. The van der Waals surface area contributed by atoms with E-state index >= 15 is 0 Å². The molecule has 0 aliphatic heterocycles. The van der Waals surface area contributed by atoms with Gasteiger partial charge in [-0.25, -0.2) is 0 Å². The van der Waals surface area contributed by atoms with Crippen molar-refractivity contribution in [2.24, 2.45) is 11.8 Å². The molecule has 0 aliphatic carbocycles. The van der Waals surface area contributed by atoms with Crippen LogP contribution in [0, 0.1) is 11.8 Å². The first kappa shape index (κ1) is 25.2. The van der Waals surface area contributed by atoms with Crippen molar-refractivity contribution in [3.05, 3.63) is 12.1 Å². The van der Waals surface area contributed by atoms with E-state index in [9.17, 15) is 14.7 Å². The van der Waals surface area contributed by atoms with Gasteiger partial charge in [0.05, 0.1) is 73.4 Å². The fourth-order valence-corrected chi connectivity index (χ4v) is 2.72. The third-order valence-corrected chi connectivity index (χ3v) is 4.71. The number of rotatable bonds is 9. The number of allylic oxidation sites excluding steroid dienone is 1. The predicted molar refractivity (Wildman–Crippen MR) is 109 cm³/mol. The van der Waals surface area contributed by atoms with Crippen LogP contribution in [0.15, 0.2) is 12.1 Å². The predicted octanol–water partition coefficient (Wildman–Crippen LogP) is -0.725. The van der Waals surface area contributed by atoms with Crippen LogP contribution in [0.5, 0.6) is 0 Å². The largest absolute Gasteiger partial charge is 0.481 e. The Balaban J connectivity index is 6.64. The molecule has 0 heterocycles. The maximum atomic E-state index is 12.1. The molecule has 1 N–H and O–H groups in total. The highest BCUT2D eigenvalue weighted by atomic mass is 16.5. The van der Waals surface area contributed by atoms with Gasteiger partial charge in [-0.2, -0.15) is 0 Å².